The van der Waals surface area contributed by atoms with Gasteiger partial charge in [0.1, 0.15) is 18.1 Å². The van der Waals surface area contributed by atoms with E-state index in [1.54, 1.807) is 0 Å². The summed E-state index contributed by atoms with van der Waals surface area (Å²) < 4.78 is 29.6. The number of halogens is 1. The molecule has 0 aromatic heterocycles. The van der Waals surface area contributed by atoms with Gasteiger partial charge in [-0.3, -0.25) is 9.69 Å². The van der Waals surface area contributed by atoms with E-state index < -0.39 is 17.5 Å². The van der Waals surface area contributed by atoms with Crippen molar-refractivity contribution in [2.75, 3.05) is 26.3 Å². The number of hydrogen-bond donors (Lipinski definition) is 0. The largest absolute Gasteiger partial charge is 0.493 e. The minimum Gasteiger partial charge on any atom is -0.493 e. The van der Waals surface area contributed by atoms with E-state index in [0.29, 0.717) is 30.6 Å². The van der Waals surface area contributed by atoms with Crippen LogP contribution in [-0.2, 0) is 25.6 Å². The maximum atomic E-state index is 12.1. The monoisotopic (exact) mass is 531 g/mol. The van der Waals surface area contributed by atoms with Crippen LogP contribution in [0.15, 0.2) is 36.4 Å². The first-order chi connectivity index (χ1) is 17.6. The van der Waals surface area contributed by atoms with E-state index in [-0.39, 0.29) is 18.6 Å². The number of fused-ring (bicyclic) bond motifs is 1. The van der Waals surface area contributed by atoms with Crippen LogP contribution in [0.25, 0.3) is 0 Å². The van der Waals surface area contributed by atoms with Gasteiger partial charge in [0.25, 0.3) is 0 Å². The Kier molecular flexibility index (Phi) is 8.38. The average Bonchev–Trinajstić information content (AvgIpc) is 3.08. The van der Waals surface area contributed by atoms with Crippen LogP contribution in [0.2, 0.25) is 5.02 Å². The fourth-order valence-electron chi connectivity index (χ4n) is 4.66. The van der Waals surface area contributed by atoms with Crippen molar-refractivity contribution < 1.29 is 28.5 Å². The van der Waals surface area contributed by atoms with Gasteiger partial charge in [0, 0.05) is 35.2 Å². The van der Waals surface area contributed by atoms with Crippen molar-refractivity contribution in [1.82, 2.24) is 4.90 Å². The molecule has 2 heterocycles. The molecule has 202 valence electrons. The lowest BCUT2D eigenvalue weighted by Crippen LogP contribution is -2.41. The zero-order valence-corrected chi connectivity index (χ0v) is 23.4. The number of carbonyl (C=O) groups excluding carboxylic acids is 1. The van der Waals surface area contributed by atoms with Crippen molar-refractivity contribution in [1.29, 1.82) is 0 Å². The molecular formula is C29H38ClNO6. The van der Waals surface area contributed by atoms with E-state index in [2.05, 4.69) is 4.90 Å². The van der Waals surface area contributed by atoms with Gasteiger partial charge in [0.15, 0.2) is 6.29 Å². The summed E-state index contributed by atoms with van der Waals surface area (Å²) in [7, 11) is 0. The first-order valence-corrected chi connectivity index (χ1v) is 13.4. The molecule has 2 aliphatic rings. The highest BCUT2D eigenvalue weighted by Crippen LogP contribution is 2.46. The predicted molar refractivity (Wildman–Crippen MR) is 142 cm³/mol. The minimum atomic E-state index is -0.539. The van der Waals surface area contributed by atoms with Crippen molar-refractivity contribution >= 4 is 17.6 Å². The van der Waals surface area contributed by atoms with Crippen LogP contribution in [0.4, 0.5) is 0 Å². The van der Waals surface area contributed by atoms with Gasteiger partial charge in [-0.2, -0.15) is 0 Å². The average molecular weight is 532 g/mol. The van der Waals surface area contributed by atoms with Crippen LogP contribution in [0.3, 0.4) is 0 Å². The molecule has 1 atom stereocenters. The Balaban J connectivity index is 1.46. The zero-order valence-electron chi connectivity index (χ0n) is 22.6. The van der Waals surface area contributed by atoms with E-state index in [9.17, 15) is 4.79 Å². The molecule has 1 unspecified atom stereocenters. The minimum absolute atomic E-state index is 0.0817. The van der Waals surface area contributed by atoms with Crippen LogP contribution >= 0.6 is 11.6 Å². The summed E-state index contributed by atoms with van der Waals surface area (Å²) in [6.07, 6.45) is 0.268. The van der Waals surface area contributed by atoms with Gasteiger partial charge in [0.05, 0.1) is 36.0 Å². The van der Waals surface area contributed by atoms with Crippen molar-refractivity contribution in [2.24, 2.45) is 0 Å². The molecule has 0 spiro atoms. The Morgan fingerprint density at radius 2 is 1.81 bits per heavy atom. The highest BCUT2D eigenvalue weighted by molar-refractivity contribution is 6.32. The van der Waals surface area contributed by atoms with Gasteiger partial charge in [-0.05, 0) is 47.2 Å². The molecule has 0 amide bonds. The third-order valence-electron chi connectivity index (χ3n) is 7.49. The topological polar surface area (TPSA) is 66.5 Å². The SMILES string of the molecule is CCOC(=O)CN(CC)C1CCOc2cc(OCc3cccc(C4OC(C)(C)C(C)(C)O4)c3Cl)ccc21. The Morgan fingerprint density at radius 3 is 2.49 bits per heavy atom. The number of ether oxygens (including phenoxy) is 5. The fraction of sp³-hybridized carbons (Fsp3) is 0.552. The smallest absolute Gasteiger partial charge is 0.320 e. The van der Waals surface area contributed by atoms with Crippen LogP contribution in [-0.4, -0.2) is 48.4 Å². The third kappa shape index (κ3) is 5.90. The van der Waals surface area contributed by atoms with Crippen LogP contribution in [0, 0.1) is 0 Å². The highest BCUT2D eigenvalue weighted by atomic mass is 35.5. The number of hydrogen-bond acceptors (Lipinski definition) is 7. The maximum absolute atomic E-state index is 12.1. The lowest BCUT2D eigenvalue weighted by atomic mass is 9.90. The summed E-state index contributed by atoms with van der Waals surface area (Å²) in [6.45, 7) is 14.2. The number of likely N-dealkylation sites (N-methyl/N-ethyl adjacent to an activating group) is 1. The van der Waals surface area contributed by atoms with Gasteiger partial charge in [-0.25, -0.2) is 0 Å². The molecule has 1 saturated heterocycles. The summed E-state index contributed by atoms with van der Waals surface area (Å²) >= 11 is 6.78. The van der Waals surface area contributed by atoms with Crippen molar-refractivity contribution in [3.8, 4) is 11.5 Å². The second kappa shape index (κ2) is 11.2. The molecule has 8 heteroatoms. The summed E-state index contributed by atoms with van der Waals surface area (Å²) in [5.41, 5.74) is 1.79. The molecular weight excluding hydrogens is 494 g/mol. The quantitative estimate of drug-likeness (QED) is 0.355. The zero-order chi connectivity index (χ0) is 26.8. The molecule has 7 nitrogen and oxygen atoms in total. The lowest BCUT2D eigenvalue weighted by Gasteiger charge is -2.34. The van der Waals surface area contributed by atoms with Crippen molar-refractivity contribution in [3.63, 3.8) is 0 Å². The summed E-state index contributed by atoms with van der Waals surface area (Å²) in [5.74, 6) is 1.25. The predicted octanol–water partition coefficient (Wildman–Crippen LogP) is 6.23. The van der Waals surface area contributed by atoms with Crippen LogP contribution in [0.1, 0.15) is 77.0 Å². The van der Waals surface area contributed by atoms with Gasteiger partial charge in [-0.15, -0.1) is 0 Å². The molecule has 4 rings (SSSR count). The van der Waals surface area contributed by atoms with Gasteiger partial charge >= 0.3 is 5.97 Å². The first-order valence-electron chi connectivity index (χ1n) is 13.0. The number of esters is 1. The molecule has 2 aromatic carbocycles. The molecule has 2 aromatic rings. The molecule has 0 aliphatic carbocycles. The Bertz CT molecular complexity index is 1100. The fourth-order valence-corrected chi connectivity index (χ4v) is 4.93. The lowest BCUT2D eigenvalue weighted by molar-refractivity contribution is -0.145. The third-order valence-corrected chi connectivity index (χ3v) is 7.95. The van der Waals surface area contributed by atoms with E-state index in [1.165, 1.54) is 0 Å². The number of carbonyl (C=O) groups is 1. The molecule has 0 bridgehead atoms. The standard InChI is InChI=1S/C29H38ClNO6/c1-7-31(17-25(32)33-8-2)23-14-15-34-24-16-20(12-13-21(23)24)35-18-19-10-9-11-22(26(19)30)27-36-28(3,4)29(5,6)37-27/h9-13,16,23,27H,7-8,14-15,17-18H2,1-6H3. The second-order valence-corrected chi connectivity index (χ2v) is 10.8. The van der Waals surface area contributed by atoms with Gasteiger partial charge < -0.3 is 23.7 Å². The van der Waals surface area contributed by atoms with Crippen LogP contribution < -0.4 is 9.47 Å². The molecule has 1 fully saturated rings. The van der Waals surface area contributed by atoms with Crippen molar-refractivity contribution in [2.45, 2.75) is 78.1 Å². The summed E-state index contributed by atoms with van der Waals surface area (Å²) in [4.78, 5) is 14.2. The Labute approximate surface area is 224 Å². The number of benzene rings is 2. The molecule has 0 radical (unpaired) electrons. The number of nitrogens with zero attached hydrogens (tertiary/aromatic N) is 1. The van der Waals surface area contributed by atoms with E-state index in [0.717, 1.165) is 35.4 Å². The highest BCUT2D eigenvalue weighted by Gasteiger charge is 2.50. The van der Waals surface area contributed by atoms with E-state index in [4.69, 9.17) is 35.3 Å². The summed E-state index contributed by atoms with van der Waals surface area (Å²) in [6, 6.07) is 11.8. The maximum Gasteiger partial charge on any atom is 0.320 e. The Hall–Kier alpha value is -2.32. The van der Waals surface area contributed by atoms with Gasteiger partial charge in [0.2, 0.25) is 0 Å². The first kappa shape index (κ1) is 27.7. The molecule has 2 aliphatic heterocycles. The van der Waals surface area contributed by atoms with Crippen molar-refractivity contribution in [3.05, 3.63) is 58.1 Å². The number of rotatable bonds is 9. The van der Waals surface area contributed by atoms with Gasteiger partial charge in [-0.1, -0.05) is 42.8 Å². The summed E-state index contributed by atoms with van der Waals surface area (Å²) in [5, 5.41) is 0.577. The normalized spacial score (nSPS) is 20.4. The van der Waals surface area contributed by atoms with Crippen LogP contribution in [0.5, 0.6) is 11.5 Å². The molecule has 0 saturated carbocycles. The van der Waals surface area contributed by atoms with E-state index in [1.807, 2.05) is 77.9 Å². The molecule has 0 N–H and O–H groups in total. The molecule has 37 heavy (non-hydrogen) atoms. The van der Waals surface area contributed by atoms with E-state index >= 15 is 0 Å². The Morgan fingerprint density at radius 1 is 1.08 bits per heavy atom. The second-order valence-electron chi connectivity index (χ2n) is 10.4.